The maximum Gasteiger partial charge on any atom is 0.175 e. The minimum absolute atomic E-state index is 0.00274. The lowest BCUT2D eigenvalue weighted by Crippen LogP contribution is -2.04. The lowest BCUT2D eigenvalue weighted by molar-refractivity contribution is 0.353. The van der Waals surface area contributed by atoms with Crippen molar-refractivity contribution in [2.45, 2.75) is 11.3 Å². The molecule has 0 aliphatic rings. The highest BCUT2D eigenvalue weighted by atomic mass is 32.2. The first-order valence-electron chi connectivity index (χ1n) is 4.76. The summed E-state index contributed by atoms with van der Waals surface area (Å²) in [7, 11) is -0.523. The molecule has 92 valence electrons. The molecule has 0 amide bonds. The third-order valence-corrected chi connectivity index (χ3v) is 3.41. The summed E-state index contributed by atoms with van der Waals surface area (Å²) in [5.41, 5.74) is 0.410. The average Bonchev–Trinajstić information content (AvgIpc) is 2.27. The van der Waals surface area contributed by atoms with Gasteiger partial charge in [0.15, 0.2) is 21.3 Å². The van der Waals surface area contributed by atoms with Crippen LogP contribution in [0, 0.1) is 11.3 Å². The molecule has 0 aliphatic carbocycles. The summed E-state index contributed by atoms with van der Waals surface area (Å²) in [6, 6.07) is 4.81. The van der Waals surface area contributed by atoms with Gasteiger partial charge < -0.3 is 9.47 Å². The maximum absolute atomic E-state index is 11.6. The van der Waals surface area contributed by atoms with Gasteiger partial charge in [-0.3, -0.25) is 0 Å². The normalized spacial score (nSPS) is 10.7. The van der Waals surface area contributed by atoms with Gasteiger partial charge in [0.2, 0.25) is 0 Å². The molecule has 0 saturated carbocycles. The van der Waals surface area contributed by atoms with Gasteiger partial charge in [-0.25, -0.2) is 8.42 Å². The molecular weight excluding hydrogens is 242 g/mol. The van der Waals surface area contributed by atoms with Crippen LogP contribution in [0.25, 0.3) is 0 Å². The van der Waals surface area contributed by atoms with E-state index < -0.39 is 9.84 Å². The van der Waals surface area contributed by atoms with E-state index in [0.717, 1.165) is 6.26 Å². The van der Waals surface area contributed by atoms with E-state index >= 15 is 0 Å². The second-order valence-corrected chi connectivity index (χ2v) is 5.41. The van der Waals surface area contributed by atoms with Crippen LogP contribution in [0.4, 0.5) is 0 Å². The Morgan fingerprint density at radius 1 is 1.24 bits per heavy atom. The van der Waals surface area contributed by atoms with Crippen LogP contribution in [-0.4, -0.2) is 28.9 Å². The molecule has 0 bridgehead atoms. The summed E-state index contributed by atoms with van der Waals surface area (Å²) < 4.78 is 33.3. The minimum atomic E-state index is -3.40. The highest BCUT2D eigenvalue weighted by molar-refractivity contribution is 7.90. The summed E-state index contributed by atoms with van der Waals surface area (Å²) in [5, 5.41) is 8.68. The fourth-order valence-electron chi connectivity index (χ4n) is 1.47. The van der Waals surface area contributed by atoms with Crippen molar-refractivity contribution in [3.05, 3.63) is 17.7 Å². The van der Waals surface area contributed by atoms with E-state index in [9.17, 15) is 8.42 Å². The Kier molecular flexibility index (Phi) is 3.97. The predicted octanol–water partition coefficient (Wildman–Crippen LogP) is 1.17. The lowest BCUT2D eigenvalue weighted by atomic mass is 10.1. The predicted molar refractivity (Wildman–Crippen MR) is 62.0 cm³/mol. The Morgan fingerprint density at radius 2 is 1.76 bits per heavy atom. The molecule has 17 heavy (non-hydrogen) atoms. The van der Waals surface area contributed by atoms with Crippen LogP contribution in [0.15, 0.2) is 17.0 Å². The Hall–Kier alpha value is -1.74. The van der Waals surface area contributed by atoms with Crippen LogP contribution in [-0.2, 0) is 16.3 Å². The summed E-state index contributed by atoms with van der Waals surface area (Å²) in [4.78, 5) is 0.0942. The molecule has 0 atom stereocenters. The Morgan fingerprint density at radius 3 is 2.18 bits per heavy atom. The van der Waals surface area contributed by atoms with E-state index in [1.165, 1.54) is 26.4 Å². The van der Waals surface area contributed by atoms with Gasteiger partial charge in [0.05, 0.1) is 31.6 Å². The molecule has 0 N–H and O–H groups in total. The molecule has 6 heteroatoms. The number of sulfone groups is 1. The lowest BCUT2D eigenvalue weighted by Gasteiger charge is -2.12. The number of nitriles is 1. The monoisotopic (exact) mass is 255 g/mol. The van der Waals surface area contributed by atoms with Crippen LogP contribution in [0.3, 0.4) is 0 Å². The van der Waals surface area contributed by atoms with Crippen molar-refractivity contribution >= 4 is 9.84 Å². The summed E-state index contributed by atoms with van der Waals surface area (Å²) in [6.45, 7) is 0. The molecule has 0 heterocycles. The highest BCUT2D eigenvalue weighted by Gasteiger charge is 2.18. The fraction of sp³-hybridized carbons (Fsp3) is 0.364. The number of ether oxygens (including phenoxy) is 2. The third kappa shape index (κ3) is 2.88. The first kappa shape index (κ1) is 13.3. The number of nitrogens with zero attached hydrogens (tertiary/aromatic N) is 1. The zero-order chi connectivity index (χ0) is 13.1. The molecule has 1 rings (SSSR count). The zero-order valence-corrected chi connectivity index (χ0v) is 10.7. The van der Waals surface area contributed by atoms with Gasteiger partial charge in [-0.2, -0.15) is 5.26 Å². The molecule has 1 aromatic carbocycles. The van der Waals surface area contributed by atoms with Gasteiger partial charge in [-0.05, 0) is 11.6 Å². The molecule has 0 aromatic heterocycles. The van der Waals surface area contributed by atoms with E-state index in [0.29, 0.717) is 17.1 Å². The van der Waals surface area contributed by atoms with E-state index in [1.54, 1.807) is 0 Å². The largest absolute Gasteiger partial charge is 0.493 e. The Balaban J connectivity index is 3.52. The van der Waals surface area contributed by atoms with Crippen LogP contribution in [0.2, 0.25) is 0 Å². The molecule has 0 saturated heterocycles. The number of hydrogen-bond acceptors (Lipinski definition) is 5. The number of hydrogen-bond donors (Lipinski definition) is 0. The van der Waals surface area contributed by atoms with Crippen molar-refractivity contribution in [1.82, 2.24) is 0 Å². The fourth-order valence-corrected chi connectivity index (χ4v) is 2.40. The van der Waals surface area contributed by atoms with E-state index in [2.05, 4.69) is 0 Å². The molecule has 1 aromatic rings. The SMILES string of the molecule is COc1cc(CC#N)c(S(C)(=O)=O)cc1OC. The van der Waals surface area contributed by atoms with Crippen LogP contribution < -0.4 is 9.47 Å². The van der Waals surface area contributed by atoms with Gasteiger partial charge in [0.1, 0.15) is 0 Å². The van der Waals surface area contributed by atoms with Crippen molar-refractivity contribution in [2.24, 2.45) is 0 Å². The molecular formula is C11H13NO4S. The Labute approximate surface area is 101 Å². The van der Waals surface area contributed by atoms with Gasteiger partial charge in [-0.1, -0.05) is 0 Å². The number of benzene rings is 1. The van der Waals surface area contributed by atoms with Gasteiger partial charge in [0.25, 0.3) is 0 Å². The zero-order valence-electron chi connectivity index (χ0n) is 9.85. The van der Waals surface area contributed by atoms with Crippen molar-refractivity contribution in [1.29, 1.82) is 5.26 Å². The third-order valence-electron chi connectivity index (χ3n) is 2.24. The van der Waals surface area contributed by atoms with Crippen molar-refractivity contribution in [3.63, 3.8) is 0 Å². The van der Waals surface area contributed by atoms with E-state index in [4.69, 9.17) is 14.7 Å². The average molecular weight is 255 g/mol. The minimum Gasteiger partial charge on any atom is -0.493 e. The topological polar surface area (TPSA) is 76.4 Å². The molecule has 5 nitrogen and oxygen atoms in total. The van der Waals surface area contributed by atoms with Crippen molar-refractivity contribution in [2.75, 3.05) is 20.5 Å². The summed E-state index contributed by atoms with van der Waals surface area (Å²) in [5.74, 6) is 0.736. The number of rotatable bonds is 4. The van der Waals surface area contributed by atoms with Gasteiger partial charge in [0, 0.05) is 12.3 Å². The molecule has 0 fully saturated rings. The molecule has 0 spiro atoms. The van der Waals surface area contributed by atoms with Crippen LogP contribution >= 0.6 is 0 Å². The number of methoxy groups -OCH3 is 2. The first-order valence-corrected chi connectivity index (χ1v) is 6.65. The first-order chi connectivity index (χ1) is 7.93. The van der Waals surface area contributed by atoms with Crippen LogP contribution in [0.5, 0.6) is 11.5 Å². The van der Waals surface area contributed by atoms with E-state index in [1.807, 2.05) is 6.07 Å². The van der Waals surface area contributed by atoms with Gasteiger partial charge >= 0.3 is 0 Å². The van der Waals surface area contributed by atoms with Crippen molar-refractivity contribution in [3.8, 4) is 17.6 Å². The molecule has 0 unspecified atom stereocenters. The molecule has 0 aliphatic heterocycles. The van der Waals surface area contributed by atoms with E-state index in [-0.39, 0.29) is 11.3 Å². The van der Waals surface area contributed by atoms with Crippen molar-refractivity contribution < 1.29 is 17.9 Å². The quantitative estimate of drug-likeness (QED) is 0.807. The summed E-state index contributed by atoms with van der Waals surface area (Å²) >= 11 is 0. The summed E-state index contributed by atoms with van der Waals surface area (Å²) in [6.07, 6.45) is 1.10. The second kappa shape index (κ2) is 5.06. The van der Waals surface area contributed by atoms with Crippen LogP contribution in [0.1, 0.15) is 5.56 Å². The standard InChI is InChI=1S/C11H13NO4S/c1-15-9-6-8(4-5-12)11(17(3,13)14)7-10(9)16-2/h6-7H,4H2,1-3H3. The Bertz CT molecular complexity index is 558. The highest BCUT2D eigenvalue weighted by Crippen LogP contribution is 2.32. The smallest absolute Gasteiger partial charge is 0.175 e. The molecule has 0 radical (unpaired) electrons. The second-order valence-electron chi connectivity index (χ2n) is 3.42. The maximum atomic E-state index is 11.6. The van der Waals surface area contributed by atoms with Gasteiger partial charge in [-0.15, -0.1) is 0 Å².